The molecule has 1 N–H and O–H groups in total. The first-order valence-electron chi connectivity index (χ1n) is 6.63. The van der Waals surface area contributed by atoms with Crippen LogP contribution in [0.2, 0.25) is 0 Å². The summed E-state index contributed by atoms with van der Waals surface area (Å²) in [6, 6.07) is 4.80. The molecule has 1 saturated heterocycles. The molecule has 2 heterocycles. The first-order chi connectivity index (χ1) is 9.25. The molecule has 1 fully saturated rings. The van der Waals surface area contributed by atoms with Crippen molar-refractivity contribution in [3.05, 3.63) is 40.7 Å². The van der Waals surface area contributed by atoms with Crippen LogP contribution in [0.3, 0.4) is 0 Å². The van der Waals surface area contributed by atoms with E-state index >= 15 is 0 Å². The Morgan fingerprint density at radius 1 is 1.42 bits per heavy atom. The maximum Gasteiger partial charge on any atom is 0.264 e. The lowest BCUT2D eigenvalue weighted by Crippen LogP contribution is -2.39. The number of aromatic nitrogens is 2. The van der Waals surface area contributed by atoms with E-state index in [0.717, 1.165) is 13.0 Å². The minimum Gasteiger partial charge on any atom is -0.312 e. The van der Waals surface area contributed by atoms with E-state index in [1.807, 2.05) is 0 Å². The van der Waals surface area contributed by atoms with Gasteiger partial charge >= 0.3 is 0 Å². The summed E-state index contributed by atoms with van der Waals surface area (Å²) in [5.41, 5.74) is 0.119. The first-order valence-corrected chi connectivity index (χ1v) is 6.63. The summed E-state index contributed by atoms with van der Waals surface area (Å²) in [4.78, 5) is 16.4. The molecule has 0 aliphatic carbocycles. The lowest BCUT2D eigenvalue weighted by molar-refractivity contribution is 0.359. The molecule has 0 radical (unpaired) electrons. The highest BCUT2D eigenvalue weighted by Gasteiger charge is 2.15. The Bertz CT molecular complexity index is 647. The van der Waals surface area contributed by atoms with Crippen molar-refractivity contribution in [2.45, 2.75) is 31.8 Å². The summed E-state index contributed by atoms with van der Waals surface area (Å²) in [5.74, 6) is -0.499. The van der Waals surface area contributed by atoms with E-state index in [9.17, 15) is 9.18 Å². The van der Waals surface area contributed by atoms with Crippen LogP contribution in [0.1, 0.15) is 19.3 Å². The van der Waals surface area contributed by atoms with Crippen molar-refractivity contribution >= 4 is 10.9 Å². The average molecular weight is 261 g/mol. The van der Waals surface area contributed by atoms with E-state index in [2.05, 4.69) is 10.3 Å². The molecule has 0 spiro atoms. The molecule has 5 heteroatoms. The van der Waals surface area contributed by atoms with Gasteiger partial charge in [0.15, 0.2) is 0 Å². The fourth-order valence-electron chi connectivity index (χ4n) is 2.61. The number of hydrogen-bond acceptors (Lipinski definition) is 3. The Morgan fingerprint density at radius 2 is 2.32 bits per heavy atom. The molecule has 4 nitrogen and oxygen atoms in total. The van der Waals surface area contributed by atoms with Gasteiger partial charge in [0.2, 0.25) is 0 Å². The first kappa shape index (κ1) is 12.3. The topological polar surface area (TPSA) is 46.9 Å². The van der Waals surface area contributed by atoms with E-state index in [-0.39, 0.29) is 17.0 Å². The highest BCUT2D eigenvalue weighted by molar-refractivity contribution is 5.77. The largest absolute Gasteiger partial charge is 0.312 e. The molecule has 1 unspecified atom stereocenters. The molecule has 0 bridgehead atoms. The fourth-order valence-corrected chi connectivity index (χ4v) is 2.61. The summed E-state index contributed by atoms with van der Waals surface area (Å²) >= 11 is 0. The van der Waals surface area contributed by atoms with Crippen LogP contribution in [0.15, 0.2) is 29.3 Å². The Balaban J connectivity index is 1.98. The highest BCUT2D eigenvalue weighted by atomic mass is 19.1. The second kappa shape index (κ2) is 5.09. The van der Waals surface area contributed by atoms with Gasteiger partial charge in [-0.1, -0.05) is 12.5 Å². The van der Waals surface area contributed by atoms with Gasteiger partial charge in [0.1, 0.15) is 11.2 Å². The third-order valence-corrected chi connectivity index (χ3v) is 3.63. The predicted octanol–water partition coefficient (Wildman–Crippen LogP) is 1.68. The maximum atomic E-state index is 13.7. The van der Waals surface area contributed by atoms with Gasteiger partial charge in [0.05, 0.1) is 11.8 Å². The Morgan fingerprint density at radius 3 is 3.11 bits per heavy atom. The van der Waals surface area contributed by atoms with Crippen molar-refractivity contribution < 1.29 is 4.39 Å². The lowest BCUT2D eigenvalue weighted by atomic mass is 10.1. The number of benzene rings is 1. The van der Waals surface area contributed by atoms with Gasteiger partial charge in [-0.05, 0) is 31.5 Å². The van der Waals surface area contributed by atoms with Gasteiger partial charge < -0.3 is 5.32 Å². The van der Waals surface area contributed by atoms with Crippen molar-refractivity contribution in [3.63, 3.8) is 0 Å². The van der Waals surface area contributed by atoms with Gasteiger partial charge in [0.25, 0.3) is 5.56 Å². The maximum absolute atomic E-state index is 13.7. The van der Waals surface area contributed by atoms with Crippen LogP contribution in [0.5, 0.6) is 0 Å². The summed E-state index contributed by atoms with van der Waals surface area (Å²) in [6.07, 6.45) is 4.90. The fraction of sp³-hybridized carbons (Fsp3) is 0.429. The smallest absolute Gasteiger partial charge is 0.264 e. The van der Waals surface area contributed by atoms with Crippen LogP contribution in [0.25, 0.3) is 10.9 Å². The molecule has 3 rings (SSSR count). The van der Waals surface area contributed by atoms with Gasteiger partial charge in [-0.3, -0.25) is 9.36 Å². The Hall–Kier alpha value is -1.75. The van der Waals surface area contributed by atoms with E-state index in [0.29, 0.717) is 12.1 Å². The second-order valence-corrected chi connectivity index (χ2v) is 4.98. The number of hydrogen-bond donors (Lipinski definition) is 1. The zero-order chi connectivity index (χ0) is 13.2. The van der Waals surface area contributed by atoms with Crippen LogP contribution >= 0.6 is 0 Å². The molecular formula is C14H16FN3O. The van der Waals surface area contributed by atoms with Crippen molar-refractivity contribution in [1.29, 1.82) is 0 Å². The van der Waals surface area contributed by atoms with Crippen LogP contribution in [-0.4, -0.2) is 22.1 Å². The number of nitrogens with zero attached hydrogens (tertiary/aromatic N) is 2. The van der Waals surface area contributed by atoms with E-state index in [1.54, 1.807) is 12.1 Å². The van der Waals surface area contributed by atoms with E-state index in [1.165, 1.54) is 29.8 Å². The molecular weight excluding hydrogens is 245 g/mol. The quantitative estimate of drug-likeness (QED) is 0.894. The third kappa shape index (κ3) is 2.38. The minimum atomic E-state index is -0.499. The van der Waals surface area contributed by atoms with E-state index < -0.39 is 5.82 Å². The number of fused-ring (bicyclic) bond motifs is 1. The minimum absolute atomic E-state index is 0.0841. The SMILES string of the molecule is O=c1c2c(F)cccc2ncn1CC1CCCCN1. The van der Waals surface area contributed by atoms with Gasteiger partial charge in [-0.15, -0.1) is 0 Å². The summed E-state index contributed by atoms with van der Waals surface area (Å²) < 4.78 is 15.2. The zero-order valence-corrected chi connectivity index (χ0v) is 10.6. The molecule has 100 valence electrons. The van der Waals surface area contributed by atoms with Gasteiger partial charge in [-0.25, -0.2) is 9.37 Å². The molecule has 1 aliphatic heterocycles. The Labute approximate surface area is 110 Å². The number of piperidine rings is 1. The number of nitrogens with one attached hydrogen (secondary N) is 1. The van der Waals surface area contributed by atoms with Crippen molar-refractivity contribution in [3.8, 4) is 0 Å². The molecule has 0 amide bonds. The van der Waals surface area contributed by atoms with Crippen molar-refractivity contribution in [2.24, 2.45) is 0 Å². The second-order valence-electron chi connectivity index (χ2n) is 4.98. The van der Waals surface area contributed by atoms with Crippen molar-refractivity contribution in [1.82, 2.24) is 14.9 Å². The molecule has 1 aromatic carbocycles. The number of halogens is 1. The normalized spacial score (nSPS) is 19.7. The zero-order valence-electron chi connectivity index (χ0n) is 10.6. The summed E-state index contributed by atoms with van der Waals surface area (Å²) in [6.45, 7) is 1.53. The molecule has 1 aromatic heterocycles. The molecule has 1 aliphatic rings. The Kier molecular flexibility index (Phi) is 3.29. The lowest BCUT2D eigenvalue weighted by Gasteiger charge is -2.24. The van der Waals surface area contributed by atoms with Gasteiger partial charge in [0, 0.05) is 12.6 Å². The van der Waals surface area contributed by atoms with Crippen LogP contribution < -0.4 is 10.9 Å². The van der Waals surface area contributed by atoms with Gasteiger partial charge in [-0.2, -0.15) is 0 Å². The molecule has 1 atom stereocenters. The van der Waals surface area contributed by atoms with Crippen LogP contribution in [-0.2, 0) is 6.54 Å². The number of rotatable bonds is 2. The van der Waals surface area contributed by atoms with Crippen LogP contribution in [0, 0.1) is 5.82 Å². The standard InChI is InChI=1S/C14H16FN3O/c15-11-5-3-6-12-13(11)14(19)18(9-17-12)8-10-4-1-2-7-16-10/h3,5-6,9-10,16H,1-2,4,7-8H2. The summed E-state index contributed by atoms with van der Waals surface area (Å²) in [7, 11) is 0. The molecule has 2 aromatic rings. The van der Waals surface area contributed by atoms with Crippen LogP contribution in [0.4, 0.5) is 4.39 Å². The predicted molar refractivity (Wildman–Crippen MR) is 71.6 cm³/mol. The highest BCUT2D eigenvalue weighted by Crippen LogP contribution is 2.12. The third-order valence-electron chi connectivity index (χ3n) is 3.63. The van der Waals surface area contributed by atoms with Crippen molar-refractivity contribution in [2.75, 3.05) is 6.54 Å². The molecule has 19 heavy (non-hydrogen) atoms. The monoisotopic (exact) mass is 261 g/mol. The molecule has 0 saturated carbocycles. The summed E-state index contributed by atoms with van der Waals surface area (Å²) in [5, 5.41) is 3.46. The average Bonchev–Trinajstić information content (AvgIpc) is 2.43. The van der Waals surface area contributed by atoms with E-state index in [4.69, 9.17) is 0 Å².